The van der Waals surface area contributed by atoms with Gasteiger partial charge < -0.3 is 9.47 Å². The van der Waals surface area contributed by atoms with E-state index < -0.39 is 0 Å². The molecule has 1 aliphatic carbocycles. The summed E-state index contributed by atoms with van der Waals surface area (Å²) in [4.78, 5) is 2.58. The highest BCUT2D eigenvalue weighted by atomic mass is 16.5. The Labute approximate surface area is 137 Å². The molecule has 2 aliphatic rings. The Bertz CT molecular complexity index is 653. The summed E-state index contributed by atoms with van der Waals surface area (Å²) < 4.78 is 10.5. The average molecular weight is 309 g/mol. The molecule has 3 atom stereocenters. The van der Waals surface area contributed by atoms with Gasteiger partial charge in [-0.15, -0.1) is 0 Å². The zero-order chi connectivity index (χ0) is 15.8. The summed E-state index contributed by atoms with van der Waals surface area (Å²) in [6.07, 6.45) is 0. The Kier molecular flexibility index (Phi) is 3.74. The molecule has 2 aromatic carbocycles. The molecule has 2 aromatic rings. The molecule has 4 rings (SSSR count). The van der Waals surface area contributed by atoms with Crippen molar-refractivity contribution in [2.45, 2.75) is 12.5 Å². The summed E-state index contributed by atoms with van der Waals surface area (Å²) in [5.74, 6) is 4.30. The third-order valence-corrected chi connectivity index (χ3v) is 5.34. The lowest BCUT2D eigenvalue weighted by Gasteiger charge is -2.19. The van der Waals surface area contributed by atoms with E-state index in [4.69, 9.17) is 9.47 Å². The van der Waals surface area contributed by atoms with Gasteiger partial charge in [-0.1, -0.05) is 24.3 Å². The third kappa shape index (κ3) is 2.81. The van der Waals surface area contributed by atoms with Crippen molar-refractivity contribution in [3.63, 3.8) is 0 Å². The van der Waals surface area contributed by atoms with Crippen LogP contribution in [0.1, 0.15) is 17.0 Å². The Balaban J connectivity index is 1.34. The lowest BCUT2D eigenvalue weighted by atomic mass is 10.1. The Morgan fingerprint density at radius 1 is 0.826 bits per heavy atom. The van der Waals surface area contributed by atoms with E-state index in [1.165, 1.54) is 24.2 Å². The summed E-state index contributed by atoms with van der Waals surface area (Å²) in [6.45, 7) is 3.48. The highest BCUT2D eigenvalue weighted by Gasteiger charge is 2.55. The molecule has 3 nitrogen and oxygen atoms in total. The van der Waals surface area contributed by atoms with Gasteiger partial charge in [0.25, 0.3) is 0 Å². The predicted molar refractivity (Wildman–Crippen MR) is 91.0 cm³/mol. The predicted octanol–water partition coefficient (Wildman–Crippen LogP) is 3.55. The van der Waals surface area contributed by atoms with Crippen LogP contribution in [0.25, 0.3) is 0 Å². The van der Waals surface area contributed by atoms with Crippen molar-refractivity contribution in [1.29, 1.82) is 0 Å². The average Bonchev–Trinajstić information content (AvgIpc) is 3.11. The van der Waals surface area contributed by atoms with E-state index in [-0.39, 0.29) is 0 Å². The summed E-state index contributed by atoms with van der Waals surface area (Å²) in [6, 6.07) is 17.1. The van der Waals surface area contributed by atoms with Gasteiger partial charge in [0.1, 0.15) is 11.5 Å². The quantitative estimate of drug-likeness (QED) is 0.843. The Hall–Kier alpha value is -2.00. The molecule has 0 N–H and O–H groups in total. The number of ether oxygens (including phenoxy) is 2. The van der Waals surface area contributed by atoms with Gasteiger partial charge in [0.2, 0.25) is 0 Å². The third-order valence-electron chi connectivity index (χ3n) is 5.34. The van der Waals surface area contributed by atoms with Crippen LogP contribution >= 0.6 is 0 Å². The van der Waals surface area contributed by atoms with Crippen LogP contribution in [-0.4, -0.2) is 32.2 Å². The first-order chi connectivity index (χ1) is 11.3. The molecule has 23 heavy (non-hydrogen) atoms. The van der Waals surface area contributed by atoms with Crippen molar-refractivity contribution in [3.05, 3.63) is 59.7 Å². The number of rotatable bonds is 5. The van der Waals surface area contributed by atoms with Gasteiger partial charge >= 0.3 is 0 Å². The molecule has 0 aromatic heterocycles. The molecule has 120 valence electrons. The van der Waals surface area contributed by atoms with Gasteiger partial charge in [-0.2, -0.15) is 0 Å². The van der Waals surface area contributed by atoms with Crippen LogP contribution in [0.4, 0.5) is 0 Å². The lowest BCUT2D eigenvalue weighted by Crippen LogP contribution is -2.23. The van der Waals surface area contributed by atoms with Gasteiger partial charge in [-0.25, -0.2) is 0 Å². The maximum Gasteiger partial charge on any atom is 0.118 e. The van der Waals surface area contributed by atoms with Gasteiger partial charge in [0.15, 0.2) is 0 Å². The lowest BCUT2D eigenvalue weighted by molar-refractivity contribution is 0.290. The number of nitrogens with zero attached hydrogens (tertiary/aromatic N) is 1. The monoisotopic (exact) mass is 309 g/mol. The number of fused-ring (bicyclic) bond motifs is 1. The molecule has 1 saturated heterocycles. The van der Waals surface area contributed by atoms with E-state index in [2.05, 4.69) is 41.3 Å². The minimum atomic E-state index is 0.757. The number of hydrogen-bond donors (Lipinski definition) is 0. The smallest absolute Gasteiger partial charge is 0.118 e. The molecule has 0 radical (unpaired) electrons. The second kappa shape index (κ2) is 5.89. The highest BCUT2D eigenvalue weighted by molar-refractivity contribution is 5.35. The largest absolute Gasteiger partial charge is 0.497 e. The first-order valence-electron chi connectivity index (χ1n) is 8.27. The van der Waals surface area contributed by atoms with E-state index in [9.17, 15) is 0 Å². The second-order valence-electron chi connectivity index (χ2n) is 6.67. The molecule has 1 saturated carbocycles. The fourth-order valence-corrected chi connectivity index (χ4v) is 4.05. The Morgan fingerprint density at radius 3 is 1.87 bits per heavy atom. The van der Waals surface area contributed by atoms with Crippen molar-refractivity contribution in [2.24, 2.45) is 11.8 Å². The second-order valence-corrected chi connectivity index (χ2v) is 6.67. The normalized spacial score (nSPS) is 25.9. The van der Waals surface area contributed by atoms with Crippen molar-refractivity contribution < 1.29 is 9.47 Å². The molecule has 1 aliphatic heterocycles. The number of methoxy groups -OCH3 is 2. The van der Waals surface area contributed by atoms with E-state index in [0.717, 1.165) is 35.8 Å². The SMILES string of the molecule is COc1ccc(CN2C[C@@H]3C(c4ccc(OC)cc4)[C@@H]3C2)cc1. The number of hydrogen-bond acceptors (Lipinski definition) is 3. The van der Waals surface area contributed by atoms with E-state index in [1.807, 2.05) is 12.1 Å². The molecule has 0 amide bonds. The first kappa shape index (κ1) is 14.6. The zero-order valence-corrected chi connectivity index (χ0v) is 13.7. The van der Waals surface area contributed by atoms with Crippen LogP contribution in [0.2, 0.25) is 0 Å². The molecular formula is C20H23NO2. The van der Waals surface area contributed by atoms with Crippen molar-refractivity contribution in [3.8, 4) is 11.5 Å². The number of likely N-dealkylation sites (tertiary alicyclic amines) is 1. The molecule has 1 unspecified atom stereocenters. The van der Waals surface area contributed by atoms with Crippen LogP contribution in [0.3, 0.4) is 0 Å². The van der Waals surface area contributed by atoms with Crippen molar-refractivity contribution in [2.75, 3.05) is 27.3 Å². The molecule has 2 fully saturated rings. The van der Waals surface area contributed by atoms with Gasteiger partial charge in [0.05, 0.1) is 14.2 Å². The minimum absolute atomic E-state index is 0.757. The Morgan fingerprint density at radius 2 is 1.35 bits per heavy atom. The van der Waals surface area contributed by atoms with Gasteiger partial charge in [-0.3, -0.25) is 4.90 Å². The number of piperidine rings is 1. The summed E-state index contributed by atoms with van der Waals surface area (Å²) in [5.41, 5.74) is 2.85. The topological polar surface area (TPSA) is 21.7 Å². The zero-order valence-electron chi connectivity index (χ0n) is 13.7. The summed E-state index contributed by atoms with van der Waals surface area (Å²) in [5, 5.41) is 0. The molecule has 1 heterocycles. The fraction of sp³-hybridized carbons (Fsp3) is 0.400. The van der Waals surface area contributed by atoms with E-state index in [1.54, 1.807) is 14.2 Å². The van der Waals surface area contributed by atoms with E-state index in [0.29, 0.717) is 0 Å². The number of benzene rings is 2. The summed E-state index contributed by atoms with van der Waals surface area (Å²) >= 11 is 0. The first-order valence-corrected chi connectivity index (χ1v) is 8.27. The van der Waals surface area contributed by atoms with Crippen molar-refractivity contribution in [1.82, 2.24) is 4.90 Å². The van der Waals surface area contributed by atoms with Crippen LogP contribution in [0, 0.1) is 11.8 Å². The van der Waals surface area contributed by atoms with E-state index >= 15 is 0 Å². The fourth-order valence-electron chi connectivity index (χ4n) is 4.05. The van der Waals surface area contributed by atoms with Crippen LogP contribution in [0.15, 0.2) is 48.5 Å². The molecule has 0 bridgehead atoms. The van der Waals surface area contributed by atoms with Gasteiger partial charge in [0, 0.05) is 19.6 Å². The van der Waals surface area contributed by atoms with Crippen LogP contribution < -0.4 is 9.47 Å². The van der Waals surface area contributed by atoms with Gasteiger partial charge in [-0.05, 0) is 53.1 Å². The maximum absolute atomic E-state index is 5.25. The molecular weight excluding hydrogens is 286 g/mol. The van der Waals surface area contributed by atoms with Crippen LogP contribution in [0.5, 0.6) is 11.5 Å². The van der Waals surface area contributed by atoms with Crippen molar-refractivity contribution >= 4 is 0 Å². The standard InChI is InChI=1S/C20H23NO2/c1-22-16-7-3-14(4-8-16)11-21-12-18-19(13-21)20(18)15-5-9-17(23-2)10-6-15/h3-10,18-20H,11-13H2,1-2H3/t18-,19+,20?. The van der Waals surface area contributed by atoms with Crippen LogP contribution in [-0.2, 0) is 6.54 Å². The summed E-state index contributed by atoms with van der Waals surface area (Å²) in [7, 11) is 3.43. The molecule has 0 spiro atoms. The highest BCUT2D eigenvalue weighted by Crippen LogP contribution is 2.58. The maximum atomic E-state index is 5.25. The minimum Gasteiger partial charge on any atom is -0.497 e. The molecule has 3 heteroatoms.